The van der Waals surface area contributed by atoms with Crippen LogP contribution in [0.15, 0.2) is 12.2 Å². The smallest absolute Gasteiger partial charge is 0.726 e. The van der Waals surface area contributed by atoms with Crippen molar-refractivity contribution in [2.75, 3.05) is 19.8 Å². The summed E-state index contributed by atoms with van der Waals surface area (Å²) in [5, 5.41) is 23.0. The van der Waals surface area contributed by atoms with Crippen molar-refractivity contribution in [1.82, 2.24) is 5.32 Å². The van der Waals surface area contributed by atoms with Gasteiger partial charge in [-0.1, -0.05) is 12.2 Å². The van der Waals surface area contributed by atoms with E-state index in [-0.39, 0.29) is 90.0 Å². The van der Waals surface area contributed by atoms with Gasteiger partial charge in [0.15, 0.2) is 6.29 Å². The Balaban J connectivity index is 0.00000289. The molecule has 0 radical (unpaired) electrons. The summed E-state index contributed by atoms with van der Waals surface area (Å²) in [5.74, 6) is 0.273. The van der Waals surface area contributed by atoms with E-state index in [1.165, 1.54) is 0 Å². The molecule has 1 heterocycles. The Labute approximate surface area is 241 Å². The number of ether oxygens (including phenoxy) is 2. The number of amides is 1. The van der Waals surface area contributed by atoms with E-state index >= 15 is 0 Å². The molecule has 3 rings (SSSR count). The summed E-state index contributed by atoms with van der Waals surface area (Å²) in [4.78, 5) is 12.3. The Morgan fingerprint density at radius 2 is 1.74 bits per heavy atom. The number of aliphatic hydroxyl groups is 2. The van der Waals surface area contributed by atoms with E-state index in [1.807, 2.05) is 6.08 Å². The Hall–Kier alpha value is 0.790. The van der Waals surface area contributed by atoms with Gasteiger partial charge in [0.2, 0.25) is 26.7 Å². The van der Waals surface area contributed by atoms with E-state index < -0.39 is 58.1 Å². The van der Waals surface area contributed by atoms with Crippen molar-refractivity contribution in [3.8, 4) is 0 Å². The normalized spacial score (nSPS) is 34.8. The molecule has 2 aliphatic carbocycles. The fourth-order valence-corrected chi connectivity index (χ4v) is 4.94. The maximum atomic E-state index is 12.3. The minimum atomic E-state index is -5.39. The predicted molar refractivity (Wildman–Crippen MR) is 98.7 cm³/mol. The third-order valence-electron chi connectivity index (χ3n) is 5.55. The van der Waals surface area contributed by atoms with Gasteiger partial charge in [-0.15, -0.1) is 0 Å². The molecule has 18 heteroatoms. The molecule has 2 fully saturated rings. The summed E-state index contributed by atoms with van der Waals surface area (Å²) in [7, 11) is -10.6. The molecule has 1 saturated heterocycles. The SMILES string of the molecule is O=C(NCCOC1OC(COS(=O)(=O)[O-])C(O)C(OS(=O)(=O)[O-])C1O)C1CC2C=CC1C2.[Na+].[Na+]. The average molecular weight is 547 g/mol. The average Bonchev–Trinajstić information content (AvgIpc) is 3.31. The molecule has 0 aromatic heterocycles. The van der Waals surface area contributed by atoms with Crippen molar-refractivity contribution in [2.45, 2.75) is 43.5 Å². The van der Waals surface area contributed by atoms with Crippen molar-refractivity contribution in [3.05, 3.63) is 12.2 Å². The van der Waals surface area contributed by atoms with Crippen molar-refractivity contribution < 1.29 is 118 Å². The molecule has 3 aliphatic rings. The number of nitrogens with one attached hydrogen (secondary N) is 1. The van der Waals surface area contributed by atoms with Gasteiger partial charge < -0.3 is 34.1 Å². The summed E-state index contributed by atoms with van der Waals surface area (Å²) < 4.78 is 83.3. The Kier molecular flexibility index (Phi) is 13.1. The van der Waals surface area contributed by atoms with Crippen molar-refractivity contribution >= 4 is 26.7 Å². The molecular weight excluding hydrogens is 524 g/mol. The van der Waals surface area contributed by atoms with Crippen LogP contribution in [0.4, 0.5) is 0 Å². The van der Waals surface area contributed by atoms with Gasteiger partial charge in [0.25, 0.3) is 0 Å². The van der Waals surface area contributed by atoms with Crippen LogP contribution in [-0.2, 0) is 43.4 Å². The van der Waals surface area contributed by atoms with Crippen molar-refractivity contribution in [1.29, 1.82) is 0 Å². The van der Waals surface area contributed by atoms with E-state index in [4.69, 9.17) is 9.47 Å². The van der Waals surface area contributed by atoms with Gasteiger partial charge in [0.1, 0.15) is 24.4 Å². The minimum absolute atomic E-state index is 0. The fraction of sp³-hybridized carbons (Fsp3) is 0.812. The number of hydrogen-bond acceptors (Lipinski definition) is 13. The van der Waals surface area contributed by atoms with E-state index in [0.717, 1.165) is 12.8 Å². The van der Waals surface area contributed by atoms with E-state index in [2.05, 4.69) is 19.8 Å². The first kappa shape index (κ1) is 32.8. The van der Waals surface area contributed by atoms with Gasteiger partial charge in [-0.3, -0.25) is 13.2 Å². The van der Waals surface area contributed by atoms with Crippen LogP contribution in [0, 0.1) is 17.8 Å². The van der Waals surface area contributed by atoms with Crippen molar-refractivity contribution in [3.63, 3.8) is 0 Å². The number of aliphatic hydroxyl groups excluding tert-OH is 2. The standard InChI is InChI=1S/C16H25NO13S2.2Na/c18-12-11(7-28-31(21,22)23)29-16(13(19)14(12)30-32(24,25)26)27-4-3-17-15(20)10-6-8-1-2-9(10)5-8;;/h1-2,8-14,16,18-19H,3-7H2,(H,17,20)(H,21,22,23)(H,24,25,26);;/q;2*+1/p-2. The Bertz CT molecular complexity index is 931. The zero-order chi connectivity index (χ0) is 23.7. The first-order chi connectivity index (χ1) is 14.8. The molecule has 8 atom stereocenters. The number of allylic oxidation sites excluding steroid dienone is 2. The first-order valence-electron chi connectivity index (χ1n) is 9.67. The van der Waals surface area contributed by atoms with Crippen LogP contribution in [0.2, 0.25) is 0 Å². The van der Waals surface area contributed by atoms with Crippen LogP contribution >= 0.6 is 0 Å². The fourth-order valence-electron chi connectivity index (χ4n) is 4.14. The maximum Gasteiger partial charge on any atom is 1.00 e. The summed E-state index contributed by atoms with van der Waals surface area (Å²) >= 11 is 0. The second-order valence-electron chi connectivity index (χ2n) is 7.73. The topological polar surface area (TPSA) is 221 Å². The van der Waals surface area contributed by atoms with E-state index in [9.17, 15) is 40.9 Å². The first-order valence-corrected chi connectivity index (χ1v) is 12.3. The number of fused-ring (bicyclic) bond motifs is 2. The molecule has 8 unspecified atom stereocenters. The monoisotopic (exact) mass is 547 g/mol. The van der Waals surface area contributed by atoms with Gasteiger partial charge >= 0.3 is 59.1 Å². The largest absolute Gasteiger partial charge is 1.00 e. The zero-order valence-electron chi connectivity index (χ0n) is 18.5. The number of carbonyl (C=O) groups is 1. The number of hydrogen-bond donors (Lipinski definition) is 3. The molecule has 184 valence electrons. The molecule has 2 bridgehead atoms. The van der Waals surface area contributed by atoms with Crippen LogP contribution in [0.1, 0.15) is 12.8 Å². The molecule has 3 N–H and O–H groups in total. The summed E-state index contributed by atoms with van der Waals surface area (Å²) in [6.45, 7) is -1.30. The molecule has 1 aliphatic heterocycles. The van der Waals surface area contributed by atoms with Crippen LogP contribution in [0.5, 0.6) is 0 Å². The van der Waals surface area contributed by atoms with Gasteiger partial charge in [-0.05, 0) is 24.7 Å². The number of carbonyl (C=O) groups excluding carboxylic acids is 1. The third-order valence-corrected chi connectivity index (χ3v) is 6.43. The van der Waals surface area contributed by atoms with E-state index in [0.29, 0.717) is 5.92 Å². The molecule has 1 saturated carbocycles. The quantitative estimate of drug-likeness (QED) is 0.0761. The van der Waals surface area contributed by atoms with Crippen molar-refractivity contribution in [2.24, 2.45) is 17.8 Å². The van der Waals surface area contributed by atoms with Crippen LogP contribution in [0.25, 0.3) is 0 Å². The minimum Gasteiger partial charge on any atom is -0.726 e. The molecule has 14 nitrogen and oxygen atoms in total. The third kappa shape index (κ3) is 9.27. The molecule has 0 aromatic rings. The summed E-state index contributed by atoms with van der Waals surface area (Å²) in [6, 6.07) is 0. The molecule has 1 amide bonds. The Morgan fingerprint density at radius 3 is 2.26 bits per heavy atom. The molecule has 0 spiro atoms. The molecule has 34 heavy (non-hydrogen) atoms. The van der Waals surface area contributed by atoms with Gasteiger partial charge in [0, 0.05) is 12.5 Å². The van der Waals surface area contributed by atoms with Gasteiger partial charge in [-0.2, -0.15) is 0 Å². The zero-order valence-corrected chi connectivity index (χ0v) is 24.1. The van der Waals surface area contributed by atoms with Crippen LogP contribution in [0.3, 0.4) is 0 Å². The second-order valence-corrected chi connectivity index (χ2v) is 9.80. The summed E-state index contributed by atoms with van der Waals surface area (Å²) in [6.07, 6.45) is -3.73. The second kappa shape index (κ2) is 13.5. The molecule has 0 aromatic carbocycles. The molecular formula is C16H23NNa2O13S2. The predicted octanol–water partition coefficient (Wildman–Crippen LogP) is -8.89. The van der Waals surface area contributed by atoms with Gasteiger partial charge in [0.05, 0.1) is 13.2 Å². The van der Waals surface area contributed by atoms with Crippen LogP contribution < -0.4 is 64.4 Å². The number of rotatable bonds is 10. The summed E-state index contributed by atoms with van der Waals surface area (Å²) in [5.41, 5.74) is 0. The Morgan fingerprint density at radius 1 is 1.06 bits per heavy atom. The van der Waals surface area contributed by atoms with Gasteiger partial charge in [-0.25, -0.2) is 16.8 Å². The van der Waals surface area contributed by atoms with Crippen LogP contribution in [-0.4, -0.2) is 92.5 Å². The van der Waals surface area contributed by atoms with E-state index in [1.54, 1.807) is 0 Å². The maximum absolute atomic E-state index is 12.3.